The monoisotopic (exact) mass is 584 g/mol. The van der Waals surface area contributed by atoms with Crippen molar-refractivity contribution in [1.82, 2.24) is 16.0 Å². The number of carbonyl (C=O) groups is 3. The Morgan fingerprint density at radius 1 is 0.692 bits per heavy atom. The first-order chi connectivity index (χ1) is 18.0. The number of quaternary nitrogens is 1. The van der Waals surface area contributed by atoms with E-state index in [2.05, 4.69) is 30.0 Å². The smallest absolute Gasteiger partial charge is 0.242 e. The van der Waals surface area contributed by atoms with E-state index in [-0.39, 0.29) is 42.8 Å². The van der Waals surface area contributed by atoms with Gasteiger partial charge >= 0.3 is 0 Å². The zero-order valence-corrected chi connectivity index (χ0v) is 25.5. The first-order valence-electron chi connectivity index (χ1n) is 13.9. The lowest BCUT2D eigenvalue weighted by molar-refractivity contribution is -2.00. The highest BCUT2D eigenvalue weighted by atomic mass is 35.7. The van der Waals surface area contributed by atoms with Crippen LogP contribution in [0.15, 0.2) is 0 Å². The molecule has 39 heavy (non-hydrogen) atoms. The number of carbonyl (C=O) groups excluding carboxylic acids is 3. The van der Waals surface area contributed by atoms with E-state index >= 15 is 0 Å². The van der Waals surface area contributed by atoms with Crippen molar-refractivity contribution in [3.05, 3.63) is 0 Å². The van der Waals surface area contributed by atoms with Crippen LogP contribution in [0.25, 0.3) is 0 Å². The van der Waals surface area contributed by atoms with E-state index in [1.54, 1.807) is 0 Å². The second-order valence-corrected chi connectivity index (χ2v) is 11.9. The van der Waals surface area contributed by atoms with Crippen LogP contribution in [0.1, 0.15) is 98.3 Å². The number of aliphatic hydroxyl groups excluding tert-OH is 1. The van der Waals surface area contributed by atoms with Gasteiger partial charge in [-0.25, -0.2) is 18.6 Å². The molecule has 0 saturated heterocycles. The number of nitrogens with one attached hydrogen (secondary N) is 3. The minimum absolute atomic E-state index is 0.0255. The zero-order chi connectivity index (χ0) is 30.5. The van der Waals surface area contributed by atoms with E-state index < -0.39 is 16.3 Å². The molecule has 0 aromatic rings. The maximum absolute atomic E-state index is 12.5. The van der Waals surface area contributed by atoms with Crippen molar-refractivity contribution in [1.29, 1.82) is 0 Å². The van der Waals surface area contributed by atoms with Gasteiger partial charge in [-0.2, -0.15) is 0 Å². The van der Waals surface area contributed by atoms with Crippen molar-refractivity contribution in [3.63, 3.8) is 0 Å². The largest absolute Gasteiger partial charge is 0.391 e. The summed E-state index contributed by atoms with van der Waals surface area (Å²) in [5.41, 5.74) is 0. The molecule has 0 rings (SSSR count). The summed E-state index contributed by atoms with van der Waals surface area (Å²) in [6, 6.07) is -0.662. The SMILES string of the molecule is CC(C)NC(=O)CCC(NC(=O)CCCCCCCCCC[N+](C)(C)CCO)C(=O)NC(C)C.[O-][Cl+3]([O-])([O-])[O-]. The fraction of sp³-hybridized carbons (Fsp3) is 0.885. The highest BCUT2D eigenvalue weighted by molar-refractivity contribution is 5.88. The molecule has 0 aliphatic heterocycles. The molecule has 0 aromatic heterocycles. The van der Waals surface area contributed by atoms with Crippen molar-refractivity contribution < 1.29 is 52.9 Å². The van der Waals surface area contributed by atoms with Gasteiger partial charge in [0.05, 0.1) is 27.2 Å². The summed E-state index contributed by atoms with van der Waals surface area (Å²) in [7, 11) is -0.621. The highest BCUT2D eigenvalue weighted by Gasteiger charge is 2.22. The normalized spacial score (nSPS) is 12.5. The summed E-state index contributed by atoms with van der Waals surface area (Å²) in [6.45, 7) is 9.69. The third kappa shape index (κ3) is 30.9. The lowest BCUT2D eigenvalue weighted by Gasteiger charge is -2.28. The number of halogens is 1. The quantitative estimate of drug-likeness (QED) is 0.0940. The Morgan fingerprint density at radius 2 is 1.13 bits per heavy atom. The van der Waals surface area contributed by atoms with Crippen LogP contribution in [-0.4, -0.2) is 79.2 Å². The molecule has 0 fully saturated rings. The second kappa shape index (κ2) is 22.2. The number of aliphatic hydroxyl groups is 1. The molecule has 0 saturated carbocycles. The fourth-order valence-electron chi connectivity index (χ4n) is 3.86. The molecule has 0 spiro atoms. The van der Waals surface area contributed by atoms with Gasteiger partial charge in [0.2, 0.25) is 17.7 Å². The zero-order valence-electron chi connectivity index (χ0n) is 24.8. The van der Waals surface area contributed by atoms with Gasteiger partial charge in [0.1, 0.15) is 12.6 Å². The van der Waals surface area contributed by atoms with Crippen molar-refractivity contribution in [2.45, 2.75) is 116 Å². The number of amides is 3. The van der Waals surface area contributed by atoms with E-state index in [9.17, 15) is 14.4 Å². The van der Waals surface area contributed by atoms with Gasteiger partial charge in [0.15, 0.2) is 0 Å². The van der Waals surface area contributed by atoms with Crippen LogP contribution in [0.2, 0.25) is 0 Å². The van der Waals surface area contributed by atoms with Gasteiger partial charge in [-0.15, -0.1) is 10.2 Å². The minimum atomic E-state index is -4.94. The number of unbranched alkanes of at least 4 members (excludes halogenated alkanes) is 7. The van der Waals surface area contributed by atoms with Crippen LogP contribution < -0.4 is 34.6 Å². The summed E-state index contributed by atoms with van der Waals surface area (Å²) in [4.78, 5) is 36.8. The Morgan fingerprint density at radius 3 is 1.59 bits per heavy atom. The maximum atomic E-state index is 12.5. The van der Waals surface area contributed by atoms with E-state index in [1.807, 2.05) is 27.7 Å². The van der Waals surface area contributed by atoms with Crippen LogP contribution in [0.5, 0.6) is 0 Å². The topological polar surface area (TPSA) is 200 Å². The summed E-state index contributed by atoms with van der Waals surface area (Å²) in [5.74, 6) is -0.476. The second-order valence-electron chi connectivity index (χ2n) is 11.1. The van der Waals surface area contributed by atoms with Crippen LogP contribution in [0, 0.1) is 10.2 Å². The number of rotatable bonds is 20. The summed E-state index contributed by atoms with van der Waals surface area (Å²) >= 11 is 0. The van der Waals surface area contributed by atoms with E-state index in [0.717, 1.165) is 36.8 Å². The minimum Gasteiger partial charge on any atom is -0.391 e. The molecule has 13 heteroatoms. The van der Waals surface area contributed by atoms with Crippen LogP contribution in [0.3, 0.4) is 0 Å². The van der Waals surface area contributed by atoms with E-state index in [0.29, 0.717) is 12.8 Å². The first-order valence-corrected chi connectivity index (χ1v) is 15.1. The number of hydrogen-bond donors (Lipinski definition) is 4. The molecule has 0 aliphatic rings. The third-order valence-corrected chi connectivity index (χ3v) is 5.81. The number of hydrogen-bond acceptors (Lipinski definition) is 8. The predicted octanol–water partition coefficient (Wildman–Crippen LogP) is -1.88. The van der Waals surface area contributed by atoms with Gasteiger partial charge in [-0.1, -0.05) is 32.1 Å². The Hall–Kier alpha value is -1.54. The molecule has 0 aliphatic carbocycles. The van der Waals surface area contributed by atoms with E-state index in [1.165, 1.54) is 32.1 Å². The third-order valence-electron chi connectivity index (χ3n) is 5.81. The molecule has 4 N–H and O–H groups in total. The molecule has 0 radical (unpaired) electrons. The Bertz CT molecular complexity index is 667. The first kappa shape index (κ1) is 39.6. The maximum Gasteiger partial charge on any atom is 0.242 e. The Kier molecular flexibility index (Phi) is 22.5. The van der Waals surface area contributed by atoms with Gasteiger partial charge in [0.25, 0.3) is 0 Å². The van der Waals surface area contributed by atoms with Gasteiger partial charge in [-0.3, -0.25) is 14.4 Å². The standard InChI is InChI=1S/C26H52N4O4.ClHO4/c1-21(2)27-25(33)17-16-23(26(34)28-22(3)4)29-24(32)15-13-11-9-7-8-10-12-14-18-30(5,6)19-20-31;2-1(3,4)5/h21-23,31H,7-20H2,1-6H3,(H2-,27,28,29,32,33,34);(H,2,3,4,5). The lowest BCUT2D eigenvalue weighted by atomic mass is 10.1. The van der Waals surface area contributed by atoms with E-state index in [4.69, 9.17) is 23.7 Å². The van der Waals surface area contributed by atoms with Gasteiger partial charge < -0.3 is 25.5 Å². The molecule has 0 bridgehead atoms. The summed E-state index contributed by atoms with van der Waals surface area (Å²) in [5, 5.41) is 17.6. The summed E-state index contributed by atoms with van der Waals surface area (Å²) < 4.78 is 34.9. The van der Waals surface area contributed by atoms with Crippen molar-refractivity contribution >= 4 is 17.7 Å². The Labute approximate surface area is 236 Å². The van der Waals surface area contributed by atoms with Crippen molar-refractivity contribution in [2.24, 2.45) is 0 Å². The molecule has 0 aromatic carbocycles. The molecule has 3 amide bonds. The number of likely N-dealkylation sites (N-methyl/N-ethyl adjacent to an activating group) is 1. The molecular formula is C26H53ClN4O8. The molecule has 232 valence electrons. The predicted molar refractivity (Wildman–Crippen MR) is 138 cm³/mol. The molecule has 12 nitrogen and oxygen atoms in total. The van der Waals surface area contributed by atoms with Crippen LogP contribution in [-0.2, 0) is 14.4 Å². The highest BCUT2D eigenvalue weighted by Crippen LogP contribution is 2.11. The van der Waals surface area contributed by atoms with Crippen molar-refractivity contribution in [2.75, 3.05) is 33.8 Å². The Balaban J connectivity index is 0. The lowest BCUT2D eigenvalue weighted by Crippen LogP contribution is -2.68. The fourth-order valence-corrected chi connectivity index (χ4v) is 3.86. The van der Waals surface area contributed by atoms with Crippen LogP contribution in [0.4, 0.5) is 0 Å². The average molecular weight is 585 g/mol. The van der Waals surface area contributed by atoms with Gasteiger partial charge in [0, 0.05) is 24.9 Å². The molecular weight excluding hydrogens is 532 g/mol. The van der Waals surface area contributed by atoms with Gasteiger partial charge in [-0.05, 0) is 53.4 Å². The molecule has 1 unspecified atom stereocenters. The van der Waals surface area contributed by atoms with Crippen molar-refractivity contribution in [3.8, 4) is 0 Å². The average Bonchev–Trinajstić information content (AvgIpc) is 2.75. The molecule has 1 atom stereocenters. The summed E-state index contributed by atoms with van der Waals surface area (Å²) in [6.07, 6.45) is 9.88. The molecule has 0 heterocycles. The number of nitrogens with zero attached hydrogens (tertiary/aromatic N) is 1. The van der Waals surface area contributed by atoms with Crippen LogP contribution >= 0.6 is 0 Å².